The van der Waals surface area contributed by atoms with Gasteiger partial charge in [0.25, 0.3) is 11.5 Å². The zero-order chi connectivity index (χ0) is 27.6. The lowest BCUT2D eigenvalue weighted by Crippen LogP contribution is -2.55. The highest BCUT2D eigenvalue weighted by atomic mass is 35.5. The van der Waals surface area contributed by atoms with Crippen molar-refractivity contribution >= 4 is 29.3 Å². The number of aromatic amines is 1. The number of ether oxygens (including phenoxy) is 2. The number of hydrogen-bond donors (Lipinski definition) is 3. The number of nitrogen functional groups attached to an aromatic ring is 1. The monoisotopic (exact) mass is 562 g/mol. The minimum atomic E-state index is -0.572. The zero-order valence-corrected chi connectivity index (χ0v) is 23.8. The summed E-state index contributed by atoms with van der Waals surface area (Å²) < 4.78 is 11.5. The third kappa shape index (κ3) is 6.80. The highest BCUT2D eigenvalue weighted by Gasteiger charge is 2.51. The number of esters is 1. The number of nitrogens with one attached hydrogen (secondary N) is 2. The highest BCUT2D eigenvalue weighted by molar-refractivity contribution is 6.33. The SMILES string of the molecule is CO[C@H]1CN(CCCCCC(=O)OCC23CC4CC(CC(C4)C2)C3)CC[C@H]1NC(=O)c1cc(Cl)c(N)[nH]c1=O. The Balaban J connectivity index is 0.980. The summed E-state index contributed by atoms with van der Waals surface area (Å²) in [5.74, 6) is 2.14. The van der Waals surface area contributed by atoms with E-state index >= 15 is 0 Å². The molecule has 5 aliphatic rings. The molecule has 0 spiro atoms. The number of unbranched alkanes of at least 4 members (excludes halogenated alkanes) is 2. The summed E-state index contributed by atoms with van der Waals surface area (Å²) in [5.41, 5.74) is 5.25. The first-order valence-electron chi connectivity index (χ1n) is 14.6. The Labute approximate surface area is 235 Å². The Kier molecular flexibility index (Phi) is 8.88. The van der Waals surface area contributed by atoms with Gasteiger partial charge in [-0.3, -0.25) is 14.4 Å². The van der Waals surface area contributed by atoms with Crippen LogP contribution in [-0.4, -0.2) is 67.3 Å². The van der Waals surface area contributed by atoms with Crippen LogP contribution in [0.3, 0.4) is 0 Å². The van der Waals surface area contributed by atoms with E-state index in [-0.39, 0.29) is 39.9 Å². The predicted octanol–water partition coefficient (Wildman–Crippen LogP) is 3.75. The minimum Gasteiger partial charge on any atom is -0.465 e. The molecule has 1 aromatic heterocycles. The molecule has 5 fully saturated rings. The second kappa shape index (κ2) is 12.2. The van der Waals surface area contributed by atoms with E-state index in [0.29, 0.717) is 26.0 Å². The van der Waals surface area contributed by atoms with Gasteiger partial charge in [-0.2, -0.15) is 0 Å². The lowest BCUT2D eigenvalue weighted by Gasteiger charge is -2.56. The fraction of sp³-hybridized carbons (Fsp3) is 0.759. The van der Waals surface area contributed by atoms with Crippen LogP contribution in [0.1, 0.15) is 81.0 Å². The van der Waals surface area contributed by atoms with Crippen molar-refractivity contribution in [1.82, 2.24) is 15.2 Å². The molecule has 0 aromatic carbocycles. The van der Waals surface area contributed by atoms with E-state index in [2.05, 4.69) is 15.2 Å². The number of nitrogens with two attached hydrogens (primary N) is 1. The number of aromatic nitrogens is 1. The number of carbonyl (C=O) groups is 2. The van der Waals surface area contributed by atoms with Crippen molar-refractivity contribution in [2.45, 2.75) is 82.8 Å². The standard InChI is InChI=1S/C29H43ClN4O5/c1-38-24-16-34(8-6-23(24)32-27(36)21-12-22(30)26(31)33-28(21)37)7-4-2-3-5-25(35)39-17-29-13-18-9-19(14-29)11-20(10-18)15-29/h12,18-20,23-24H,2-11,13-17H2,1H3,(H,32,36)(H3,31,33,37)/t18?,19?,20?,23-,24+,29?/m1/s1. The van der Waals surface area contributed by atoms with Gasteiger partial charge in [-0.25, -0.2) is 0 Å². The maximum absolute atomic E-state index is 12.7. The molecule has 1 aliphatic heterocycles. The molecule has 2 heterocycles. The van der Waals surface area contributed by atoms with E-state index in [0.717, 1.165) is 50.1 Å². The number of nitrogens with zero attached hydrogens (tertiary/aromatic N) is 1. The number of piperidine rings is 1. The van der Waals surface area contributed by atoms with Gasteiger partial charge < -0.3 is 30.4 Å². The number of hydrogen-bond acceptors (Lipinski definition) is 7. The van der Waals surface area contributed by atoms with E-state index < -0.39 is 11.5 Å². The average Bonchev–Trinajstić information content (AvgIpc) is 2.89. The molecule has 4 bridgehead atoms. The Bertz CT molecular complexity index is 1070. The van der Waals surface area contributed by atoms with Gasteiger partial charge in [0.2, 0.25) is 0 Å². The number of rotatable bonds is 11. The quantitative estimate of drug-likeness (QED) is 0.277. The van der Waals surface area contributed by atoms with Gasteiger partial charge in [0.05, 0.1) is 23.8 Å². The normalized spacial score (nSPS) is 31.8. The van der Waals surface area contributed by atoms with Gasteiger partial charge in [-0.05, 0) is 88.2 Å². The molecular weight excluding hydrogens is 520 g/mol. The first kappa shape index (κ1) is 28.4. The smallest absolute Gasteiger partial charge is 0.305 e. The van der Waals surface area contributed by atoms with Gasteiger partial charge >= 0.3 is 5.97 Å². The Hall–Kier alpha value is -2.10. The maximum atomic E-state index is 12.7. The molecule has 10 heteroatoms. The highest BCUT2D eigenvalue weighted by Crippen LogP contribution is 2.60. The summed E-state index contributed by atoms with van der Waals surface area (Å²) in [4.78, 5) is 42.0. The summed E-state index contributed by atoms with van der Waals surface area (Å²) in [5, 5.41) is 3.06. The van der Waals surface area contributed by atoms with Gasteiger partial charge in [0.1, 0.15) is 11.4 Å². The molecule has 1 saturated heterocycles. The van der Waals surface area contributed by atoms with Crippen molar-refractivity contribution in [3.8, 4) is 0 Å². The van der Waals surface area contributed by atoms with Crippen LogP contribution >= 0.6 is 11.6 Å². The molecular formula is C29H43ClN4O5. The van der Waals surface area contributed by atoms with Crippen molar-refractivity contribution in [1.29, 1.82) is 0 Å². The van der Waals surface area contributed by atoms with Gasteiger partial charge in [-0.15, -0.1) is 0 Å². The number of methoxy groups -OCH3 is 1. The van der Waals surface area contributed by atoms with Crippen LogP contribution in [0.25, 0.3) is 0 Å². The van der Waals surface area contributed by atoms with E-state index in [9.17, 15) is 14.4 Å². The summed E-state index contributed by atoms with van der Waals surface area (Å²) in [6.07, 6.45) is 11.9. The largest absolute Gasteiger partial charge is 0.465 e. The van der Waals surface area contributed by atoms with Crippen LogP contribution in [0.15, 0.2) is 10.9 Å². The lowest BCUT2D eigenvalue weighted by molar-refractivity contribution is -0.155. The molecule has 216 valence electrons. The molecule has 6 rings (SSSR count). The molecule has 0 unspecified atom stereocenters. The second-order valence-corrected chi connectivity index (χ2v) is 13.0. The predicted molar refractivity (Wildman–Crippen MR) is 150 cm³/mol. The van der Waals surface area contributed by atoms with E-state index in [1.807, 2.05) is 0 Å². The molecule has 9 nitrogen and oxygen atoms in total. The number of anilines is 1. The van der Waals surface area contributed by atoms with Gasteiger partial charge in [-0.1, -0.05) is 18.0 Å². The van der Waals surface area contributed by atoms with Crippen LogP contribution in [0, 0.1) is 23.2 Å². The van der Waals surface area contributed by atoms with Crippen LogP contribution in [-0.2, 0) is 14.3 Å². The fourth-order valence-corrected chi connectivity index (χ4v) is 8.23. The van der Waals surface area contributed by atoms with Crippen LogP contribution in [0.5, 0.6) is 0 Å². The van der Waals surface area contributed by atoms with Gasteiger partial charge in [0.15, 0.2) is 0 Å². The summed E-state index contributed by atoms with van der Waals surface area (Å²) >= 11 is 5.98. The average molecular weight is 563 g/mol. The first-order valence-corrected chi connectivity index (χ1v) is 15.0. The van der Waals surface area contributed by atoms with Crippen molar-refractivity contribution in [2.24, 2.45) is 23.2 Å². The van der Waals surface area contributed by atoms with Crippen molar-refractivity contribution in [2.75, 3.05) is 39.1 Å². The number of H-pyrrole nitrogens is 1. The Morgan fingerprint density at radius 2 is 1.85 bits per heavy atom. The third-order valence-corrected chi connectivity index (χ3v) is 9.90. The molecule has 39 heavy (non-hydrogen) atoms. The van der Waals surface area contributed by atoms with Crippen molar-refractivity contribution < 1.29 is 19.1 Å². The first-order chi connectivity index (χ1) is 18.7. The summed E-state index contributed by atoms with van der Waals surface area (Å²) in [6, 6.07) is 1.08. The zero-order valence-electron chi connectivity index (χ0n) is 23.0. The second-order valence-electron chi connectivity index (χ2n) is 12.6. The number of carbonyl (C=O) groups excluding carboxylic acids is 2. The number of amides is 1. The van der Waals surface area contributed by atoms with Crippen LogP contribution in [0.2, 0.25) is 5.02 Å². The Morgan fingerprint density at radius 3 is 2.51 bits per heavy atom. The number of pyridine rings is 1. The number of halogens is 1. The molecule has 0 radical (unpaired) electrons. The fourth-order valence-electron chi connectivity index (χ4n) is 8.08. The topological polar surface area (TPSA) is 127 Å². The molecule has 4 saturated carbocycles. The van der Waals surface area contributed by atoms with Crippen LogP contribution < -0.4 is 16.6 Å². The van der Waals surface area contributed by atoms with Crippen molar-refractivity contribution in [3.05, 3.63) is 27.0 Å². The molecule has 2 atom stereocenters. The van der Waals surface area contributed by atoms with Crippen molar-refractivity contribution in [3.63, 3.8) is 0 Å². The van der Waals surface area contributed by atoms with Gasteiger partial charge in [0, 0.05) is 32.0 Å². The molecule has 4 N–H and O–H groups in total. The van der Waals surface area contributed by atoms with Crippen LogP contribution in [0.4, 0.5) is 5.82 Å². The number of likely N-dealkylation sites (tertiary alicyclic amines) is 1. The molecule has 1 amide bonds. The Morgan fingerprint density at radius 1 is 1.15 bits per heavy atom. The molecule has 4 aliphatic carbocycles. The molecule has 1 aromatic rings. The minimum absolute atomic E-state index is 0.0377. The maximum Gasteiger partial charge on any atom is 0.305 e. The summed E-state index contributed by atoms with van der Waals surface area (Å²) in [7, 11) is 1.63. The lowest BCUT2D eigenvalue weighted by atomic mass is 9.50. The third-order valence-electron chi connectivity index (χ3n) is 9.59. The van der Waals surface area contributed by atoms with E-state index in [1.54, 1.807) is 7.11 Å². The van der Waals surface area contributed by atoms with E-state index in [1.165, 1.54) is 44.6 Å². The van der Waals surface area contributed by atoms with E-state index in [4.69, 9.17) is 26.8 Å². The summed E-state index contributed by atoms with van der Waals surface area (Å²) in [6.45, 7) is 3.05.